The van der Waals surface area contributed by atoms with Crippen molar-refractivity contribution in [2.45, 2.75) is 109 Å². The van der Waals surface area contributed by atoms with Crippen LogP contribution in [0.1, 0.15) is 97.2 Å². The Balaban J connectivity index is 1.20. The molecular weight excluding hydrogens is 440 g/mol. The third kappa shape index (κ3) is 5.24. The van der Waals surface area contributed by atoms with Crippen molar-refractivity contribution in [3.63, 3.8) is 0 Å². The molecule has 3 heterocycles. The Hall–Kier alpha value is -1.67. The summed E-state index contributed by atoms with van der Waals surface area (Å²) in [6.07, 6.45) is 7.66. The van der Waals surface area contributed by atoms with E-state index < -0.39 is 0 Å². The average Bonchev–Trinajstić information content (AvgIpc) is 3.56. The van der Waals surface area contributed by atoms with Crippen LogP contribution < -0.4 is 5.32 Å². The van der Waals surface area contributed by atoms with Crippen molar-refractivity contribution in [1.82, 2.24) is 30.2 Å². The summed E-state index contributed by atoms with van der Waals surface area (Å²) >= 11 is 0. The summed E-state index contributed by atoms with van der Waals surface area (Å²) in [5.41, 5.74) is -0.0158. The Morgan fingerprint density at radius 2 is 1.69 bits per heavy atom. The first-order valence-corrected chi connectivity index (χ1v) is 14.0. The van der Waals surface area contributed by atoms with E-state index in [4.69, 9.17) is 9.51 Å². The number of urea groups is 1. The van der Waals surface area contributed by atoms with Gasteiger partial charge in [0, 0.05) is 62.7 Å². The van der Waals surface area contributed by atoms with Crippen LogP contribution in [0.4, 0.5) is 4.79 Å². The molecule has 0 radical (unpaired) electrons. The quantitative estimate of drug-likeness (QED) is 0.678. The largest absolute Gasteiger partial charge is 0.339 e. The molecule has 196 valence electrons. The Morgan fingerprint density at radius 1 is 1.00 bits per heavy atom. The van der Waals surface area contributed by atoms with Gasteiger partial charge < -0.3 is 14.7 Å². The first kappa shape index (κ1) is 25.0. The van der Waals surface area contributed by atoms with Crippen LogP contribution in [0.5, 0.6) is 0 Å². The van der Waals surface area contributed by atoms with Gasteiger partial charge in [0.05, 0.1) is 6.04 Å². The predicted molar refractivity (Wildman–Crippen MR) is 136 cm³/mol. The highest BCUT2D eigenvalue weighted by molar-refractivity contribution is 5.75. The SMILES string of the molecule is CC(C)N1CCN([C@H]2CCCC(C)(C)C2NC(=O)N2CCC(C)(c3noc(C4CC4)n3)CC2)CC1. The fourth-order valence-corrected chi connectivity index (χ4v) is 6.51. The fraction of sp³-hybridized carbons (Fsp3) is 0.889. The number of amides is 2. The van der Waals surface area contributed by atoms with Crippen molar-refractivity contribution < 1.29 is 9.32 Å². The molecule has 1 unspecified atom stereocenters. The number of nitrogens with zero attached hydrogens (tertiary/aromatic N) is 5. The molecule has 1 N–H and O–H groups in total. The third-order valence-corrected chi connectivity index (χ3v) is 9.44. The molecule has 8 heteroatoms. The lowest BCUT2D eigenvalue weighted by atomic mass is 9.70. The Kier molecular flexibility index (Phi) is 6.90. The fourth-order valence-electron chi connectivity index (χ4n) is 6.51. The predicted octanol–water partition coefficient (Wildman–Crippen LogP) is 3.98. The van der Waals surface area contributed by atoms with E-state index in [9.17, 15) is 4.79 Å². The summed E-state index contributed by atoms with van der Waals surface area (Å²) in [5, 5.41) is 7.86. The topological polar surface area (TPSA) is 77.7 Å². The molecule has 1 aromatic rings. The molecule has 0 aromatic carbocycles. The third-order valence-electron chi connectivity index (χ3n) is 9.44. The van der Waals surface area contributed by atoms with Crippen molar-refractivity contribution in [3.05, 3.63) is 11.7 Å². The van der Waals surface area contributed by atoms with Crippen LogP contribution in [0.25, 0.3) is 0 Å². The molecule has 0 spiro atoms. The standard InChI is InChI=1S/C27H46N6O2/c1-19(2)31-15-17-32(18-16-31)21-7-6-10-26(3,4)22(21)28-25(34)33-13-11-27(5,12-14-33)24-29-23(35-30-24)20-8-9-20/h19-22H,6-18H2,1-5H3,(H,28,34)/t21-,22?/m0/s1. The maximum absolute atomic E-state index is 13.5. The number of carbonyl (C=O) groups is 1. The number of carbonyl (C=O) groups excluding carboxylic acids is 1. The lowest BCUT2D eigenvalue weighted by Gasteiger charge is -2.51. The zero-order chi connectivity index (χ0) is 24.8. The number of likely N-dealkylation sites (tertiary alicyclic amines) is 1. The molecule has 1 aromatic heterocycles. The highest BCUT2D eigenvalue weighted by Crippen LogP contribution is 2.41. The molecule has 4 aliphatic rings. The van der Waals surface area contributed by atoms with E-state index in [2.05, 4.69) is 54.9 Å². The summed E-state index contributed by atoms with van der Waals surface area (Å²) < 4.78 is 5.53. The van der Waals surface area contributed by atoms with Crippen molar-refractivity contribution in [3.8, 4) is 0 Å². The minimum atomic E-state index is -0.115. The van der Waals surface area contributed by atoms with E-state index in [-0.39, 0.29) is 22.9 Å². The average molecular weight is 487 g/mol. The number of hydrogen-bond acceptors (Lipinski definition) is 6. The molecule has 2 saturated heterocycles. The van der Waals surface area contributed by atoms with E-state index in [1.54, 1.807) is 0 Å². The van der Waals surface area contributed by atoms with Gasteiger partial charge in [0.2, 0.25) is 5.89 Å². The van der Waals surface area contributed by atoms with E-state index in [1.807, 2.05) is 4.90 Å². The summed E-state index contributed by atoms with van der Waals surface area (Å²) in [4.78, 5) is 25.5. The zero-order valence-corrected chi connectivity index (χ0v) is 22.6. The second-order valence-corrected chi connectivity index (χ2v) is 12.8. The molecule has 8 nitrogen and oxygen atoms in total. The first-order chi connectivity index (χ1) is 16.7. The number of nitrogens with one attached hydrogen (secondary N) is 1. The molecule has 2 amide bonds. The molecule has 5 rings (SSSR count). The van der Waals surface area contributed by atoms with Gasteiger partial charge in [-0.15, -0.1) is 0 Å². The van der Waals surface area contributed by atoms with Gasteiger partial charge in [-0.3, -0.25) is 9.80 Å². The maximum Gasteiger partial charge on any atom is 0.317 e. The van der Waals surface area contributed by atoms with Gasteiger partial charge in [-0.05, 0) is 57.8 Å². The van der Waals surface area contributed by atoms with E-state index in [0.717, 1.165) is 76.7 Å². The first-order valence-electron chi connectivity index (χ1n) is 14.0. The van der Waals surface area contributed by atoms with E-state index >= 15 is 0 Å². The van der Waals surface area contributed by atoms with Crippen LogP contribution in [-0.4, -0.2) is 88.3 Å². The Bertz CT molecular complexity index is 878. The maximum atomic E-state index is 13.5. The number of hydrogen-bond donors (Lipinski definition) is 1. The lowest BCUT2D eigenvalue weighted by molar-refractivity contribution is 0.0132. The highest BCUT2D eigenvalue weighted by atomic mass is 16.5. The zero-order valence-electron chi connectivity index (χ0n) is 22.6. The molecule has 2 saturated carbocycles. The van der Waals surface area contributed by atoms with Crippen molar-refractivity contribution in [2.24, 2.45) is 5.41 Å². The van der Waals surface area contributed by atoms with Crippen molar-refractivity contribution in [1.29, 1.82) is 0 Å². The number of piperidine rings is 1. The number of piperazine rings is 1. The Morgan fingerprint density at radius 3 is 2.31 bits per heavy atom. The van der Waals surface area contributed by atoms with E-state index in [0.29, 0.717) is 18.0 Å². The number of aromatic nitrogens is 2. The molecule has 4 fully saturated rings. The van der Waals surface area contributed by atoms with Crippen LogP contribution in [0.2, 0.25) is 0 Å². The second kappa shape index (κ2) is 9.66. The molecule has 2 aliphatic heterocycles. The molecule has 35 heavy (non-hydrogen) atoms. The monoisotopic (exact) mass is 486 g/mol. The van der Waals surface area contributed by atoms with Crippen molar-refractivity contribution >= 4 is 6.03 Å². The van der Waals surface area contributed by atoms with Crippen molar-refractivity contribution in [2.75, 3.05) is 39.3 Å². The number of rotatable bonds is 5. The Labute approximate surface area is 211 Å². The van der Waals surface area contributed by atoms with Crippen LogP contribution in [-0.2, 0) is 5.41 Å². The molecule has 2 aliphatic carbocycles. The minimum Gasteiger partial charge on any atom is -0.339 e. The lowest BCUT2D eigenvalue weighted by Crippen LogP contribution is -2.64. The summed E-state index contributed by atoms with van der Waals surface area (Å²) in [5.74, 6) is 2.11. The van der Waals surface area contributed by atoms with Gasteiger partial charge in [-0.1, -0.05) is 32.3 Å². The summed E-state index contributed by atoms with van der Waals surface area (Å²) in [6, 6.07) is 1.31. The normalized spacial score (nSPS) is 29.9. The molecule has 0 bridgehead atoms. The summed E-state index contributed by atoms with van der Waals surface area (Å²) in [6.45, 7) is 17.4. The van der Waals surface area contributed by atoms with Crippen LogP contribution in [0.15, 0.2) is 4.52 Å². The minimum absolute atomic E-state index is 0.0991. The van der Waals surface area contributed by atoms with E-state index in [1.165, 1.54) is 19.3 Å². The molecular formula is C27H46N6O2. The van der Waals surface area contributed by atoms with Gasteiger partial charge in [0.15, 0.2) is 5.82 Å². The van der Waals surface area contributed by atoms with Gasteiger partial charge in [-0.25, -0.2) is 4.79 Å². The van der Waals surface area contributed by atoms with Gasteiger partial charge >= 0.3 is 6.03 Å². The van der Waals surface area contributed by atoms with Crippen LogP contribution in [0, 0.1) is 5.41 Å². The van der Waals surface area contributed by atoms with Gasteiger partial charge in [-0.2, -0.15) is 4.98 Å². The highest BCUT2D eigenvalue weighted by Gasteiger charge is 2.45. The summed E-state index contributed by atoms with van der Waals surface area (Å²) in [7, 11) is 0. The molecule has 2 atom stereocenters. The van der Waals surface area contributed by atoms with Crippen LogP contribution in [0.3, 0.4) is 0 Å². The second-order valence-electron chi connectivity index (χ2n) is 12.8. The van der Waals surface area contributed by atoms with Crippen LogP contribution >= 0.6 is 0 Å². The smallest absolute Gasteiger partial charge is 0.317 e. The van der Waals surface area contributed by atoms with Gasteiger partial charge in [0.1, 0.15) is 0 Å². The van der Waals surface area contributed by atoms with Gasteiger partial charge in [0.25, 0.3) is 0 Å².